The standard InChI is InChI=1S/C53H34O2/c1-4-15-35(16-5-1)38-31-39(33-40(32-38)44-23-14-26-48-52(44)51-43-22-11-10-17-36(43)28-30-49(51)55-48)37-27-29-46-50(34-37)54-47-25-13-12-24-45(47)53(46,41-18-6-2-7-19-41)42-20-8-3-9-21-42/h1-34H. The molecule has 9 aromatic carbocycles. The van der Waals surface area contributed by atoms with Crippen molar-refractivity contribution in [3.63, 3.8) is 0 Å². The highest BCUT2D eigenvalue weighted by atomic mass is 16.5. The summed E-state index contributed by atoms with van der Waals surface area (Å²) in [4.78, 5) is 0. The second-order valence-corrected chi connectivity index (χ2v) is 14.4. The van der Waals surface area contributed by atoms with Gasteiger partial charge in [-0.05, 0) is 97.7 Å². The summed E-state index contributed by atoms with van der Waals surface area (Å²) in [7, 11) is 0. The molecule has 0 amide bonds. The maximum absolute atomic E-state index is 6.89. The van der Waals surface area contributed by atoms with Crippen molar-refractivity contribution in [1.29, 1.82) is 0 Å². The number of furan rings is 1. The zero-order chi connectivity index (χ0) is 36.3. The van der Waals surface area contributed by atoms with Crippen LogP contribution in [0.5, 0.6) is 11.5 Å². The van der Waals surface area contributed by atoms with E-state index >= 15 is 0 Å². The van der Waals surface area contributed by atoms with Gasteiger partial charge in [0.15, 0.2) is 0 Å². The SMILES string of the molecule is c1ccc(-c2cc(-c3ccc4c(c3)Oc3ccccc3C4(c3ccccc3)c3ccccc3)cc(-c3cccc4oc5ccc6ccccc6c5c34)c2)cc1. The Morgan fingerprint density at radius 2 is 0.964 bits per heavy atom. The van der Waals surface area contributed by atoms with E-state index in [1.165, 1.54) is 21.9 Å². The van der Waals surface area contributed by atoms with Crippen molar-refractivity contribution >= 4 is 32.7 Å². The Bertz CT molecular complexity index is 3010. The van der Waals surface area contributed by atoms with Crippen molar-refractivity contribution in [2.45, 2.75) is 5.41 Å². The molecule has 1 aromatic heterocycles. The first-order valence-corrected chi connectivity index (χ1v) is 18.8. The van der Waals surface area contributed by atoms with E-state index in [1.807, 2.05) is 0 Å². The first-order chi connectivity index (χ1) is 27.3. The van der Waals surface area contributed by atoms with Gasteiger partial charge in [0.05, 0.1) is 5.41 Å². The lowest BCUT2D eigenvalue weighted by molar-refractivity contribution is 0.435. The maximum Gasteiger partial charge on any atom is 0.136 e. The molecule has 258 valence electrons. The quantitative estimate of drug-likeness (QED) is 0.178. The van der Waals surface area contributed by atoms with Crippen molar-refractivity contribution < 1.29 is 9.15 Å². The van der Waals surface area contributed by atoms with Crippen LogP contribution in [-0.2, 0) is 5.41 Å². The Morgan fingerprint density at radius 1 is 0.345 bits per heavy atom. The molecule has 0 radical (unpaired) electrons. The molecule has 0 N–H and O–H groups in total. The van der Waals surface area contributed by atoms with Crippen molar-refractivity contribution in [2.24, 2.45) is 0 Å². The highest BCUT2D eigenvalue weighted by molar-refractivity contribution is 6.22. The van der Waals surface area contributed by atoms with Crippen molar-refractivity contribution in [3.8, 4) is 44.9 Å². The Morgan fingerprint density at radius 3 is 1.75 bits per heavy atom. The second kappa shape index (κ2) is 12.5. The van der Waals surface area contributed by atoms with E-state index in [0.717, 1.165) is 77.9 Å². The molecule has 1 aliphatic rings. The molecule has 2 heteroatoms. The number of ether oxygens (including phenoxy) is 1. The third kappa shape index (κ3) is 4.89. The molecular formula is C53H34O2. The monoisotopic (exact) mass is 702 g/mol. The summed E-state index contributed by atoms with van der Waals surface area (Å²) in [6.45, 7) is 0. The first kappa shape index (κ1) is 31.4. The van der Waals surface area contributed by atoms with Crippen LogP contribution in [0.15, 0.2) is 211 Å². The summed E-state index contributed by atoms with van der Waals surface area (Å²) in [6.07, 6.45) is 0. The van der Waals surface area contributed by atoms with Gasteiger partial charge in [-0.3, -0.25) is 0 Å². The molecule has 0 aliphatic carbocycles. The lowest BCUT2D eigenvalue weighted by Gasteiger charge is -2.41. The minimum atomic E-state index is -0.566. The first-order valence-electron chi connectivity index (χ1n) is 18.8. The minimum Gasteiger partial charge on any atom is -0.457 e. The van der Waals surface area contributed by atoms with Crippen molar-refractivity contribution in [2.75, 3.05) is 0 Å². The summed E-state index contributed by atoms with van der Waals surface area (Å²) >= 11 is 0. The van der Waals surface area contributed by atoms with E-state index in [0.29, 0.717) is 0 Å². The predicted molar refractivity (Wildman–Crippen MR) is 226 cm³/mol. The van der Waals surface area contributed by atoms with E-state index in [1.54, 1.807) is 0 Å². The number of hydrogen-bond donors (Lipinski definition) is 0. The Balaban J connectivity index is 1.16. The van der Waals surface area contributed by atoms with Crippen molar-refractivity contribution in [1.82, 2.24) is 0 Å². The molecule has 55 heavy (non-hydrogen) atoms. The highest BCUT2D eigenvalue weighted by Crippen LogP contribution is 2.56. The summed E-state index contributed by atoms with van der Waals surface area (Å²) in [6, 6.07) is 73.8. The van der Waals surface area contributed by atoms with Crippen LogP contribution in [-0.4, -0.2) is 0 Å². The molecule has 0 fully saturated rings. The number of fused-ring (bicyclic) bond motifs is 7. The molecule has 0 bridgehead atoms. The summed E-state index contributed by atoms with van der Waals surface area (Å²) in [5, 5.41) is 4.67. The molecule has 0 spiro atoms. The molecule has 0 saturated carbocycles. The number of benzene rings is 9. The van der Waals surface area contributed by atoms with Crippen molar-refractivity contribution in [3.05, 3.63) is 229 Å². The molecule has 10 aromatic rings. The smallest absolute Gasteiger partial charge is 0.136 e. The molecule has 1 aliphatic heterocycles. The summed E-state index contributed by atoms with van der Waals surface area (Å²) < 4.78 is 13.4. The Kier molecular flexibility index (Phi) is 7.11. The molecule has 11 rings (SSSR count). The van der Waals surface area contributed by atoms with E-state index in [2.05, 4.69) is 206 Å². The lowest BCUT2D eigenvalue weighted by atomic mass is 9.63. The van der Waals surface area contributed by atoms with Gasteiger partial charge in [-0.25, -0.2) is 0 Å². The lowest BCUT2D eigenvalue weighted by Crippen LogP contribution is -2.34. The molecule has 0 atom stereocenters. The van der Waals surface area contributed by atoms with Gasteiger partial charge in [0.25, 0.3) is 0 Å². The second-order valence-electron chi connectivity index (χ2n) is 14.4. The van der Waals surface area contributed by atoms with E-state index in [-0.39, 0.29) is 0 Å². The summed E-state index contributed by atoms with van der Waals surface area (Å²) in [5.74, 6) is 1.72. The predicted octanol–water partition coefficient (Wildman–Crippen LogP) is 14.2. The van der Waals surface area contributed by atoms with E-state index in [9.17, 15) is 0 Å². The number of para-hydroxylation sites is 1. The molecule has 0 saturated heterocycles. The third-order valence-corrected chi connectivity index (χ3v) is 11.4. The largest absolute Gasteiger partial charge is 0.457 e. The average Bonchev–Trinajstić information content (AvgIpc) is 3.66. The van der Waals surface area contributed by atoms with Crippen LogP contribution >= 0.6 is 0 Å². The van der Waals surface area contributed by atoms with Crippen LogP contribution < -0.4 is 4.74 Å². The molecule has 2 heterocycles. The zero-order valence-electron chi connectivity index (χ0n) is 29.9. The van der Waals surface area contributed by atoms with Crippen LogP contribution in [0.2, 0.25) is 0 Å². The van der Waals surface area contributed by atoms with Gasteiger partial charge < -0.3 is 9.15 Å². The van der Waals surface area contributed by atoms with Gasteiger partial charge in [0, 0.05) is 21.9 Å². The number of hydrogen-bond acceptors (Lipinski definition) is 2. The van der Waals surface area contributed by atoms with E-state index in [4.69, 9.17) is 9.15 Å². The maximum atomic E-state index is 6.89. The van der Waals surface area contributed by atoms with Crippen LogP contribution in [0.3, 0.4) is 0 Å². The topological polar surface area (TPSA) is 22.4 Å². The van der Waals surface area contributed by atoms with Gasteiger partial charge >= 0.3 is 0 Å². The van der Waals surface area contributed by atoms with Gasteiger partial charge in [0.1, 0.15) is 22.7 Å². The van der Waals surface area contributed by atoms with Gasteiger partial charge in [-0.1, -0.05) is 164 Å². The molecule has 0 unspecified atom stereocenters. The molecule has 2 nitrogen and oxygen atoms in total. The van der Waals surface area contributed by atoms with Crippen LogP contribution in [0.1, 0.15) is 22.3 Å². The minimum absolute atomic E-state index is 0.566. The fraction of sp³-hybridized carbons (Fsp3) is 0.0189. The van der Waals surface area contributed by atoms with Crippen LogP contribution in [0.4, 0.5) is 0 Å². The average molecular weight is 703 g/mol. The third-order valence-electron chi connectivity index (χ3n) is 11.4. The van der Waals surface area contributed by atoms with Gasteiger partial charge in [-0.2, -0.15) is 0 Å². The fourth-order valence-corrected chi connectivity index (χ4v) is 8.96. The fourth-order valence-electron chi connectivity index (χ4n) is 8.96. The van der Waals surface area contributed by atoms with Crippen LogP contribution in [0.25, 0.3) is 66.1 Å². The Hall–Kier alpha value is -7.16. The van der Waals surface area contributed by atoms with E-state index < -0.39 is 5.41 Å². The zero-order valence-corrected chi connectivity index (χ0v) is 29.9. The summed E-state index contributed by atoms with van der Waals surface area (Å²) in [5.41, 5.74) is 12.6. The van der Waals surface area contributed by atoms with Gasteiger partial charge in [-0.15, -0.1) is 0 Å². The number of rotatable bonds is 5. The normalized spacial score (nSPS) is 13.0. The van der Waals surface area contributed by atoms with Gasteiger partial charge in [0.2, 0.25) is 0 Å². The highest BCUT2D eigenvalue weighted by Gasteiger charge is 2.45. The van der Waals surface area contributed by atoms with Crippen LogP contribution in [0, 0.1) is 0 Å². The molecular weight excluding hydrogens is 669 g/mol. The Labute approximate surface area is 319 Å².